The molecule has 2 heterocycles. The monoisotopic (exact) mass is 302 g/mol. The summed E-state index contributed by atoms with van der Waals surface area (Å²) in [6.07, 6.45) is 4.33. The molecule has 1 amide bonds. The Morgan fingerprint density at radius 1 is 1.27 bits per heavy atom. The molecule has 4 heteroatoms. The largest absolute Gasteiger partial charge is 0.373 e. The highest BCUT2D eigenvalue weighted by Crippen LogP contribution is 2.33. The van der Waals surface area contributed by atoms with E-state index in [0.29, 0.717) is 12.5 Å². The van der Waals surface area contributed by atoms with Gasteiger partial charge < -0.3 is 15.4 Å². The van der Waals surface area contributed by atoms with Crippen molar-refractivity contribution in [2.45, 2.75) is 44.8 Å². The van der Waals surface area contributed by atoms with Gasteiger partial charge in [0.05, 0.1) is 12.1 Å². The van der Waals surface area contributed by atoms with E-state index in [1.807, 2.05) is 0 Å². The Hall–Kier alpha value is -1.39. The van der Waals surface area contributed by atoms with Crippen molar-refractivity contribution in [1.29, 1.82) is 0 Å². The predicted molar refractivity (Wildman–Crippen MR) is 86.6 cm³/mol. The number of carbonyl (C=O) groups is 1. The smallest absolute Gasteiger partial charge is 0.237 e. The molecule has 4 nitrogen and oxygen atoms in total. The van der Waals surface area contributed by atoms with Crippen molar-refractivity contribution >= 4 is 5.91 Å². The normalized spacial score (nSPS) is 28.5. The third-order valence-corrected chi connectivity index (χ3v) is 4.77. The quantitative estimate of drug-likeness (QED) is 0.897. The molecule has 0 saturated carbocycles. The van der Waals surface area contributed by atoms with E-state index in [1.165, 1.54) is 11.1 Å². The summed E-state index contributed by atoms with van der Waals surface area (Å²) in [5, 5.41) is 6.37. The third-order valence-electron chi connectivity index (χ3n) is 4.77. The topological polar surface area (TPSA) is 50.4 Å². The van der Waals surface area contributed by atoms with Crippen LogP contribution >= 0.6 is 0 Å². The molecule has 0 radical (unpaired) electrons. The third kappa shape index (κ3) is 3.68. The number of aryl methyl sites for hydroxylation is 1. The second-order valence-corrected chi connectivity index (χ2v) is 6.50. The van der Waals surface area contributed by atoms with Gasteiger partial charge in [-0.25, -0.2) is 0 Å². The molecule has 0 aliphatic carbocycles. The van der Waals surface area contributed by atoms with Crippen molar-refractivity contribution in [3.05, 3.63) is 35.4 Å². The van der Waals surface area contributed by atoms with Gasteiger partial charge in [0.25, 0.3) is 0 Å². The molecule has 3 unspecified atom stereocenters. The van der Waals surface area contributed by atoms with Crippen molar-refractivity contribution in [2.24, 2.45) is 5.92 Å². The van der Waals surface area contributed by atoms with Crippen molar-refractivity contribution < 1.29 is 9.53 Å². The van der Waals surface area contributed by atoms with Crippen LogP contribution in [0.25, 0.3) is 0 Å². The summed E-state index contributed by atoms with van der Waals surface area (Å²) in [6.45, 7) is 4.57. The Labute approximate surface area is 132 Å². The van der Waals surface area contributed by atoms with Crippen LogP contribution in [0.5, 0.6) is 0 Å². The summed E-state index contributed by atoms with van der Waals surface area (Å²) >= 11 is 0. The van der Waals surface area contributed by atoms with Gasteiger partial charge in [0, 0.05) is 19.1 Å². The fourth-order valence-electron chi connectivity index (χ4n) is 3.44. The zero-order valence-corrected chi connectivity index (χ0v) is 13.3. The summed E-state index contributed by atoms with van der Waals surface area (Å²) in [6, 6.07) is 8.57. The molecule has 3 atom stereocenters. The Balaban J connectivity index is 1.60. The van der Waals surface area contributed by atoms with E-state index in [0.717, 1.165) is 38.8 Å². The number of rotatable bonds is 4. The van der Waals surface area contributed by atoms with Gasteiger partial charge in [-0.15, -0.1) is 0 Å². The molecule has 0 aromatic heterocycles. The Bertz CT molecular complexity index is 494. The maximum Gasteiger partial charge on any atom is 0.237 e. The second kappa shape index (κ2) is 7.25. The molecule has 2 saturated heterocycles. The Morgan fingerprint density at radius 2 is 2.09 bits per heavy atom. The van der Waals surface area contributed by atoms with Crippen LogP contribution in [0, 0.1) is 12.8 Å². The predicted octanol–water partition coefficient (Wildman–Crippen LogP) is 2.33. The van der Waals surface area contributed by atoms with E-state index in [4.69, 9.17) is 4.74 Å². The van der Waals surface area contributed by atoms with E-state index in [9.17, 15) is 4.79 Å². The summed E-state index contributed by atoms with van der Waals surface area (Å²) in [5.74, 6) is 0.507. The number of hydrogen-bond donors (Lipinski definition) is 2. The molecule has 3 rings (SSSR count). The van der Waals surface area contributed by atoms with Crippen LogP contribution in [-0.4, -0.2) is 31.6 Å². The van der Waals surface area contributed by atoms with Crippen LogP contribution in [0.4, 0.5) is 0 Å². The molecule has 0 spiro atoms. The van der Waals surface area contributed by atoms with Crippen LogP contribution < -0.4 is 10.6 Å². The van der Waals surface area contributed by atoms with E-state index >= 15 is 0 Å². The zero-order valence-electron chi connectivity index (χ0n) is 13.3. The molecule has 2 aliphatic heterocycles. The summed E-state index contributed by atoms with van der Waals surface area (Å²) in [5.41, 5.74) is 2.49. The number of hydrogen-bond acceptors (Lipinski definition) is 3. The molecular formula is C18H26N2O2. The average molecular weight is 302 g/mol. The van der Waals surface area contributed by atoms with Crippen LogP contribution in [0.1, 0.15) is 42.9 Å². The number of ether oxygens (including phenoxy) is 1. The maximum atomic E-state index is 12.2. The fraction of sp³-hybridized carbons (Fsp3) is 0.611. The summed E-state index contributed by atoms with van der Waals surface area (Å²) in [4.78, 5) is 12.2. The summed E-state index contributed by atoms with van der Waals surface area (Å²) < 4.78 is 6.01. The minimum atomic E-state index is 0.00216. The van der Waals surface area contributed by atoms with Gasteiger partial charge in [-0.2, -0.15) is 0 Å². The first kappa shape index (κ1) is 15.5. The number of carbonyl (C=O) groups excluding carboxylic acids is 1. The van der Waals surface area contributed by atoms with Gasteiger partial charge in [0.15, 0.2) is 0 Å². The number of benzene rings is 1. The SMILES string of the molecule is Cc1ccc(C2OCCCC2CNC(=O)C2CCCN2)cc1. The van der Waals surface area contributed by atoms with E-state index in [-0.39, 0.29) is 18.1 Å². The molecule has 2 aliphatic rings. The average Bonchev–Trinajstić information content (AvgIpc) is 3.08. The first-order valence-electron chi connectivity index (χ1n) is 8.43. The van der Waals surface area contributed by atoms with Crippen molar-refractivity contribution in [1.82, 2.24) is 10.6 Å². The second-order valence-electron chi connectivity index (χ2n) is 6.50. The van der Waals surface area contributed by atoms with Crippen molar-refractivity contribution in [2.75, 3.05) is 19.7 Å². The van der Waals surface area contributed by atoms with Gasteiger partial charge in [-0.3, -0.25) is 4.79 Å². The number of amides is 1. The molecule has 1 aromatic carbocycles. The lowest BCUT2D eigenvalue weighted by Gasteiger charge is -2.32. The highest BCUT2D eigenvalue weighted by molar-refractivity contribution is 5.81. The van der Waals surface area contributed by atoms with E-state index in [2.05, 4.69) is 41.8 Å². The molecule has 0 bridgehead atoms. The minimum Gasteiger partial charge on any atom is -0.373 e. The Kier molecular flexibility index (Phi) is 5.11. The van der Waals surface area contributed by atoms with E-state index < -0.39 is 0 Å². The minimum absolute atomic E-state index is 0.00216. The fourth-order valence-corrected chi connectivity index (χ4v) is 3.44. The lowest BCUT2D eigenvalue weighted by atomic mass is 9.89. The number of nitrogens with one attached hydrogen (secondary N) is 2. The molecule has 22 heavy (non-hydrogen) atoms. The van der Waals surface area contributed by atoms with Crippen LogP contribution in [0.15, 0.2) is 24.3 Å². The zero-order chi connectivity index (χ0) is 15.4. The van der Waals surface area contributed by atoms with Gasteiger partial charge >= 0.3 is 0 Å². The van der Waals surface area contributed by atoms with Crippen LogP contribution in [0.3, 0.4) is 0 Å². The van der Waals surface area contributed by atoms with Gasteiger partial charge in [-0.1, -0.05) is 29.8 Å². The highest BCUT2D eigenvalue weighted by Gasteiger charge is 2.29. The first-order valence-corrected chi connectivity index (χ1v) is 8.43. The lowest BCUT2D eigenvalue weighted by molar-refractivity contribution is -0.123. The molecule has 120 valence electrons. The van der Waals surface area contributed by atoms with Crippen LogP contribution in [-0.2, 0) is 9.53 Å². The van der Waals surface area contributed by atoms with Crippen LogP contribution in [0.2, 0.25) is 0 Å². The molecule has 2 fully saturated rings. The molecular weight excluding hydrogens is 276 g/mol. The molecule has 1 aromatic rings. The van der Waals surface area contributed by atoms with Crippen molar-refractivity contribution in [3.8, 4) is 0 Å². The standard InChI is InChI=1S/C18H26N2O2/c1-13-6-8-14(9-7-13)17-15(4-3-11-22-17)12-20-18(21)16-5-2-10-19-16/h6-9,15-17,19H,2-5,10-12H2,1H3,(H,20,21). The summed E-state index contributed by atoms with van der Waals surface area (Å²) in [7, 11) is 0. The highest BCUT2D eigenvalue weighted by atomic mass is 16.5. The van der Waals surface area contributed by atoms with Gasteiger partial charge in [0.2, 0.25) is 5.91 Å². The molecule has 2 N–H and O–H groups in total. The maximum absolute atomic E-state index is 12.2. The first-order chi connectivity index (χ1) is 10.7. The van der Waals surface area contributed by atoms with Gasteiger partial charge in [-0.05, 0) is 44.7 Å². The van der Waals surface area contributed by atoms with E-state index in [1.54, 1.807) is 0 Å². The van der Waals surface area contributed by atoms with Crippen molar-refractivity contribution in [3.63, 3.8) is 0 Å². The Morgan fingerprint density at radius 3 is 2.82 bits per heavy atom. The lowest BCUT2D eigenvalue weighted by Crippen LogP contribution is -2.43. The van der Waals surface area contributed by atoms with Gasteiger partial charge in [0.1, 0.15) is 0 Å².